The van der Waals surface area contributed by atoms with Gasteiger partial charge in [-0.3, -0.25) is 0 Å². The van der Waals surface area contributed by atoms with Crippen LogP contribution in [0.25, 0.3) is 11.1 Å². The summed E-state index contributed by atoms with van der Waals surface area (Å²) < 4.78 is 17.7. The quantitative estimate of drug-likeness (QED) is 0.755. The fraction of sp³-hybridized carbons (Fsp3) is 0.133. The lowest BCUT2D eigenvalue weighted by molar-refractivity contribution is 0.0601. The maximum Gasteiger partial charge on any atom is 0.338 e. The molecule has 0 radical (unpaired) electrons. The van der Waals surface area contributed by atoms with Gasteiger partial charge in [-0.25, -0.2) is 9.18 Å². The summed E-state index contributed by atoms with van der Waals surface area (Å²) in [5.74, 6) is -0.682. The predicted octanol–water partition coefficient (Wildman–Crippen LogP) is 3.59. The number of hydrogen-bond acceptors (Lipinski definition) is 2. The first-order valence-electron chi connectivity index (χ1n) is 5.57. The molecule has 92 valence electrons. The molecule has 0 spiro atoms. The zero-order chi connectivity index (χ0) is 13.1. The lowest BCUT2D eigenvalue weighted by atomic mass is 9.96. The van der Waals surface area contributed by atoms with Gasteiger partial charge in [-0.1, -0.05) is 30.3 Å². The van der Waals surface area contributed by atoms with Gasteiger partial charge in [0.2, 0.25) is 0 Å². The first-order chi connectivity index (χ1) is 8.63. The molecule has 2 nitrogen and oxygen atoms in total. The Morgan fingerprint density at radius 1 is 1.11 bits per heavy atom. The first kappa shape index (κ1) is 12.3. The molecule has 2 rings (SSSR count). The smallest absolute Gasteiger partial charge is 0.338 e. The fourth-order valence-electron chi connectivity index (χ4n) is 1.91. The van der Waals surface area contributed by atoms with Crippen LogP contribution >= 0.6 is 0 Å². The summed E-state index contributed by atoms with van der Waals surface area (Å²) in [4.78, 5) is 11.8. The van der Waals surface area contributed by atoms with Crippen LogP contribution in [0, 0.1) is 12.7 Å². The van der Waals surface area contributed by atoms with Gasteiger partial charge in [-0.15, -0.1) is 0 Å². The van der Waals surface area contributed by atoms with Gasteiger partial charge < -0.3 is 4.74 Å². The predicted molar refractivity (Wildman–Crippen MR) is 67.9 cm³/mol. The van der Waals surface area contributed by atoms with E-state index in [-0.39, 0.29) is 11.8 Å². The van der Waals surface area contributed by atoms with Gasteiger partial charge in [0.25, 0.3) is 0 Å². The van der Waals surface area contributed by atoms with Crippen molar-refractivity contribution in [1.29, 1.82) is 0 Å². The van der Waals surface area contributed by atoms with Gasteiger partial charge in [0.05, 0.1) is 12.7 Å². The highest BCUT2D eigenvalue weighted by Crippen LogP contribution is 2.26. The van der Waals surface area contributed by atoms with Crippen LogP contribution in [-0.2, 0) is 4.74 Å². The Morgan fingerprint density at radius 2 is 1.78 bits per heavy atom. The third-order valence-corrected chi connectivity index (χ3v) is 2.82. The molecular formula is C15H13FO2. The van der Waals surface area contributed by atoms with E-state index in [1.165, 1.54) is 19.2 Å². The molecule has 18 heavy (non-hydrogen) atoms. The molecule has 0 heterocycles. The average molecular weight is 244 g/mol. The second-order valence-electron chi connectivity index (χ2n) is 4.00. The van der Waals surface area contributed by atoms with Crippen molar-refractivity contribution in [2.45, 2.75) is 6.92 Å². The number of aryl methyl sites for hydroxylation is 1. The molecule has 0 N–H and O–H groups in total. The van der Waals surface area contributed by atoms with Gasteiger partial charge in [0.1, 0.15) is 5.82 Å². The minimum absolute atomic E-state index is 0.300. The summed E-state index contributed by atoms with van der Waals surface area (Å²) in [7, 11) is 1.35. The lowest BCUT2D eigenvalue weighted by Crippen LogP contribution is -2.06. The molecule has 0 saturated carbocycles. The van der Waals surface area contributed by atoms with Gasteiger partial charge >= 0.3 is 5.97 Å². The van der Waals surface area contributed by atoms with Gasteiger partial charge in [-0.05, 0) is 35.7 Å². The monoisotopic (exact) mass is 244 g/mol. The Bertz CT molecular complexity index is 574. The Balaban J connectivity index is 2.60. The van der Waals surface area contributed by atoms with Crippen molar-refractivity contribution in [2.24, 2.45) is 0 Å². The van der Waals surface area contributed by atoms with E-state index in [1.807, 2.05) is 25.1 Å². The molecule has 2 aromatic rings. The van der Waals surface area contributed by atoms with Crippen molar-refractivity contribution in [2.75, 3.05) is 7.11 Å². The first-order valence-corrected chi connectivity index (χ1v) is 5.57. The second-order valence-corrected chi connectivity index (χ2v) is 4.00. The highest BCUT2D eigenvalue weighted by atomic mass is 19.1. The largest absolute Gasteiger partial charge is 0.465 e. The summed E-state index contributed by atoms with van der Waals surface area (Å²) in [6.45, 7) is 1.85. The topological polar surface area (TPSA) is 26.3 Å². The number of rotatable bonds is 2. The molecule has 0 amide bonds. The number of carbonyl (C=O) groups is 1. The number of ether oxygens (including phenoxy) is 1. The number of methoxy groups -OCH3 is 1. The number of halogens is 1. The zero-order valence-electron chi connectivity index (χ0n) is 10.2. The standard InChI is InChI=1S/C15H13FO2/c1-10-4-3-5-13(14(10)15(17)18-2)11-6-8-12(16)9-7-11/h3-9H,1-2H3. The van der Waals surface area contributed by atoms with E-state index in [2.05, 4.69) is 0 Å². The summed E-state index contributed by atoms with van der Waals surface area (Å²) in [6.07, 6.45) is 0. The molecule has 0 atom stereocenters. The van der Waals surface area contributed by atoms with E-state index in [4.69, 9.17) is 4.74 Å². The van der Waals surface area contributed by atoms with Crippen LogP contribution in [0.4, 0.5) is 4.39 Å². The second kappa shape index (κ2) is 5.00. The molecule has 0 fully saturated rings. The molecule has 0 bridgehead atoms. The Kier molecular flexibility index (Phi) is 3.42. The van der Waals surface area contributed by atoms with E-state index in [0.29, 0.717) is 5.56 Å². The van der Waals surface area contributed by atoms with E-state index in [9.17, 15) is 9.18 Å². The molecule has 2 aromatic carbocycles. The molecular weight excluding hydrogens is 231 g/mol. The van der Waals surface area contributed by atoms with Crippen molar-refractivity contribution in [3.8, 4) is 11.1 Å². The number of esters is 1. The summed E-state index contributed by atoms with van der Waals surface area (Å²) >= 11 is 0. The summed E-state index contributed by atoms with van der Waals surface area (Å²) in [6, 6.07) is 11.6. The molecule has 0 aliphatic rings. The van der Waals surface area contributed by atoms with Gasteiger partial charge in [-0.2, -0.15) is 0 Å². The number of benzene rings is 2. The van der Waals surface area contributed by atoms with Gasteiger partial charge in [0.15, 0.2) is 0 Å². The maximum atomic E-state index is 12.9. The minimum Gasteiger partial charge on any atom is -0.465 e. The maximum absolute atomic E-state index is 12.9. The Morgan fingerprint density at radius 3 is 2.39 bits per heavy atom. The highest BCUT2D eigenvalue weighted by molar-refractivity contribution is 5.98. The van der Waals surface area contributed by atoms with Crippen molar-refractivity contribution < 1.29 is 13.9 Å². The van der Waals surface area contributed by atoms with E-state index >= 15 is 0 Å². The van der Waals surface area contributed by atoms with Crippen molar-refractivity contribution in [3.05, 3.63) is 59.4 Å². The van der Waals surface area contributed by atoms with Gasteiger partial charge in [0, 0.05) is 0 Å². The van der Waals surface area contributed by atoms with Crippen molar-refractivity contribution in [1.82, 2.24) is 0 Å². The number of carbonyl (C=O) groups excluding carboxylic acids is 1. The molecule has 0 aliphatic carbocycles. The molecule has 0 saturated heterocycles. The minimum atomic E-state index is -0.382. The van der Waals surface area contributed by atoms with E-state index in [0.717, 1.165) is 16.7 Å². The summed E-state index contributed by atoms with van der Waals surface area (Å²) in [5, 5.41) is 0. The van der Waals surface area contributed by atoms with Crippen LogP contribution in [0.15, 0.2) is 42.5 Å². The normalized spacial score (nSPS) is 10.2. The highest BCUT2D eigenvalue weighted by Gasteiger charge is 2.15. The molecule has 0 unspecified atom stereocenters. The average Bonchev–Trinajstić information content (AvgIpc) is 2.38. The zero-order valence-corrected chi connectivity index (χ0v) is 10.2. The Hall–Kier alpha value is -2.16. The summed E-state index contributed by atoms with van der Waals surface area (Å²) in [5.41, 5.74) is 2.90. The fourth-order valence-corrected chi connectivity index (χ4v) is 1.91. The van der Waals surface area contributed by atoms with Crippen LogP contribution < -0.4 is 0 Å². The van der Waals surface area contributed by atoms with E-state index in [1.54, 1.807) is 12.1 Å². The van der Waals surface area contributed by atoms with Crippen LogP contribution in [-0.4, -0.2) is 13.1 Å². The lowest BCUT2D eigenvalue weighted by Gasteiger charge is -2.10. The van der Waals surface area contributed by atoms with Crippen LogP contribution in [0.5, 0.6) is 0 Å². The van der Waals surface area contributed by atoms with Crippen LogP contribution in [0.2, 0.25) is 0 Å². The number of hydrogen-bond donors (Lipinski definition) is 0. The third kappa shape index (κ3) is 2.25. The van der Waals surface area contributed by atoms with Crippen molar-refractivity contribution in [3.63, 3.8) is 0 Å². The molecule has 0 aromatic heterocycles. The molecule has 3 heteroatoms. The van der Waals surface area contributed by atoms with Crippen molar-refractivity contribution >= 4 is 5.97 Å². The molecule has 0 aliphatic heterocycles. The SMILES string of the molecule is COC(=O)c1c(C)cccc1-c1ccc(F)cc1. The van der Waals surface area contributed by atoms with Crippen LogP contribution in [0.1, 0.15) is 15.9 Å². The Labute approximate surface area is 105 Å². The third-order valence-electron chi connectivity index (χ3n) is 2.82. The van der Waals surface area contributed by atoms with E-state index < -0.39 is 0 Å². The van der Waals surface area contributed by atoms with Crippen LogP contribution in [0.3, 0.4) is 0 Å².